The molecule has 0 radical (unpaired) electrons. The Kier molecular flexibility index (Phi) is 6.25. The zero-order valence-corrected chi connectivity index (χ0v) is 22.4. The minimum absolute atomic E-state index is 0.201. The van der Waals surface area contributed by atoms with Gasteiger partial charge in [0.25, 0.3) is 0 Å². The van der Waals surface area contributed by atoms with Gasteiger partial charge in [-0.3, -0.25) is 9.36 Å². The van der Waals surface area contributed by atoms with Crippen molar-refractivity contribution in [3.63, 3.8) is 0 Å². The molecule has 0 spiro atoms. The van der Waals surface area contributed by atoms with Crippen LogP contribution in [0.4, 0.5) is 0 Å². The zero-order chi connectivity index (χ0) is 27.3. The molecule has 9 heteroatoms. The second-order valence-electron chi connectivity index (χ2n) is 10.3. The Bertz CT molecular complexity index is 1800. The van der Waals surface area contributed by atoms with Crippen LogP contribution < -0.4 is 0 Å². The number of fused-ring (bicyclic) bond motifs is 2. The van der Waals surface area contributed by atoms with Crippen molar-refractivity contribution >= 4 is 21.9 Å². The topological polar surface area (TPSA) is 107 Å². The van der Waals surface area contributed by atoms with Crippen LogP contribution in [0.2, 0.25) is 0 Å². The number of hydrogen-bond acceptors (Lipinski definition) is 6. The summed E-state index contributed by atoms with van der Waals surface area (Å²) in [6.07, 6.45) is 3.23. The number of aryl methyl sites for hydroxylation is 1. The third-order valence-corrected chi connectivity index (χ3v) is 7.18. The number of aromatic nitrogens is 7. The lowest BCUT2D eigenvalue weighted by molar-refractivity contribution is 0.152. The second kappa shape index (κ2) is 9.76. The van der Waals surface area contributed by atoms with E-state index in [9.17, 15) is 10.2 Å². The molecule has 0 fully saturated rings. The molecule has 0 amide bonds. The molecule has 0 saturated heterocycles. The molecule has 39 heavy (non-hydrogen) atoms. The third kappa shape index (κ3) is 4.39. The Labute approximate surface area is 226 Å². The fraction of sp³-hybridized carbons (Fsp3) is 0.267. The number of nitrogens with zero attached hydrogens (tertiary/aromatic N) is 7. The number of benzene rings is 2. The largest absolute Gasteiger partial charge is 0.390 e. The lowest BCUT2D eigenvalue weighted by Crippen LogP contribution is -2.08. The Morgan fingerprint density at radius 1 is 0.949 bits per heavy atom. The smallest absolute Gasteiger partial charge is 0.181 e. The predicted octanol–water partition coefficient (Wildman–Crippen LogP) is 4.83. The van der Waals surface area contributed by atoms with Crippen molar-refractivity contribution in [1.82, 2.24) is 34.3 Å². The van der Waals surface area contributed by atoms with Gasteiger partial charge in [-0.1, -0.05) is 56.3 Å². The first-order valence-corrected chi connectivity index (χ1v) is 13.1. The van der Waals surface area contributed by atoms with Crippen LogP contribution in [-0.4, -0.2) is 44.5 Å². The van der Waals surface area contributed by atoms with Crippen LogP contribution in [-0.2, 0) is 20.2 Å². The van der Waals surface area contributed by atoms with E-state index in [0.717, 1.165) is 50.1 Å². The minimum atomic E-state index is -0.663. The predicted molar refractivity (Wildman–Crippen MR) is 151 cm³/mol. The molecule has 4 heterocycles. The summed E-state index contributed by atoms with van der Waals surface area (Å²) in [4.78, 5) is 4.61. The lowest BCUT2D eigenvalue weighted by atomic mass is 9.95. The van der Waals surface area contributed by atoms with E-state index in [1.54, 1.807) is 9.36 Å². The van der Waals surface area contributed by atoms with Gasteiger partial charge < -0.3 is 10.2 Å². The normalized spacial score (nSPS) is 12.7. The monoisotopic (exact) mass is 521 g/mol. The molecule has 2 N–H and O–H groups in total. The molecule has 6 aromatic rings. The number of hydrogen-bond donors (Lipinski definition) is 2. The van der Waals surface area contributed by atoms with E-state index >= 15 is 0 Å². The van der Waals surface area contributed by atoms with Gasteiger partial charge in [-0.25, -0.2) is 9.67 Å². The van der Waals surface area contributed by atoms with E-state index in [4.69, 9.17) is 10.2 Å². The molecule has 0 bridgehead atoms. The van der Waals surface area contributed by atoms with E-state index < -0.39 is 6.10 Å². The van der Waals surface area contributed by atoms with Crippen molar-refractivity contribution in [2.75, 3.05) is 0 Å². The van der Waals surface area contributed by atoms with Crippen molar-refractivity contribution in [1.29, 1.82) is 0 Å². The molecule has 0 unspecified atom stereocenters. The molecule has 6 rings (SSSR count). The van der Waals surface area contributed by atoms with Gasteiger partial charge in [0.05, 0.1) is 41.8 Å². The summed E-state index contributed by atoms with van der Waals surface area (Å²) in [5, 5.41) is 37.1. The van der Waals surface area contributed by atoms with Crippen molar-refractivity contribution in [3.8, 4) is 16.9 Å². The standard InChI is InChI=1S/C30H31N7O2/c1-18(2)28-19(3)37(26-13-21-14-35(4)34-30(21)31-25(26)17-38)33-29(28)22-11-8-12-24-23(22)15-36(32-24)16-27(39)20-9-6-5-7-10-20/h5-15,18,27,38-39H,16-17H2,1-4H3/t27-/m0/s1. The third-order valence-electron chi connectivity index (χ3n) is 7.18. The molecular weight excluding hydrogens is 490 g/mol. The van der Waals surface area contributed by atoms with Crippen molar-refractivity contribution in [2.24, 2.45) is 7.05 Å². The minimum Gasteiger partial charge on any atom is -0.390 e. The highest BCUT2D eigenvalue weighted by Gasteiger charge is 2.24. The highest BCUT2D eigenvalue weighted by Crippen LogP contribution is 2.37. The van der Waals surface area contributed by atoms with Gasteiger partial charge in [0.15, 0.2) is 5.65 Å². The average molecular weight is 522 g/mol. The molecule has 1 atom stereocenters. The van der Waals surface area contributed by atoms with Crippen LogP contribution in [0.25, 0.3) is 38.9 Å². The second-order valence-corrected chi connectivity index (χ2v) is 10.3. The van der Waals surface area contributed by atoms with Crippen molar-refractivity contribution in [3.05, 3.63) is 89.5 Å². The summed E-state index contributed by atoms with van der Waals surface area (Å²) in [7, 11) is 1.85. The molecule has 4 aromatic heterocycles. The lowest BCUT2D eigenvalue weighted by Gasteiger charge is -2.10. The molecular formula is C30H31N7O2. The summed E-state index contributed by atoms with van der Waals surface area (Å²) < 4.78 is 5.41. The van der Waals surface area contributed by atoms with Crippen LogP contribution in [0, 0.1) is 6.92 Å². The maximum Gasteiger partial charge on any atom is 0.181 e. The first-order chi connectivity index (χ1) is 18.8. The summed E-state index contributed by atoms with van der Waals surface area (Å²) in [6, 6.07) is 17.6. The first kappa shape index (κ1) is 25.0. The summed E-state index contributed by atoms with van der Waals surface area (Å²) in [5.41, 5.74) is 7.49. The number of aliphatic hydroxyl groups excluding tert-OH is 2. The Balaban J connectivity index is 1.48. The van der Waals surface area contributed by atoms with Gasteiger partial charge >= 0.3 is 0 Å². The van der Waals surface area contributed by atoms with Gasteiger partial charge in [0.2, 0.25) is 0 Å². The molecule has 0 aliphatic carbocycles. The number of aliphatic hydroxyl groups is 2. The molecule has 0 aliphatic heterocycles. The van der Waals surface area contributed by atoms with Crippen LogP contribution in [0.3, 0.4) is 0 Å². The van der Waals surface area contributed by atoms with Crippen LogP contribution in [0.15, 0.2) is 67.0 Å². The number of pyridine rings is 1. The summed E-state index contributed by atoms with van der Waals surface area (Å²) in [6.45, 7) is 6.50. The molecule has 198 valence electrons. The highest BCUT2D eigenvalue weighted by atomic mass is 16.3. The number of rotatable bonds is 7. The Morgan fingerprint density at radius 2 is 1.74 bits per heavy atom. The zero-order valence-electron chi connectivity index (χ0n) is 22.4. The maximum atomic E-state index is 10.8. The summed E-state index contributed by atoms with van der Waals surface area (Å²) >= 11 is 0. The van der Waals surface area contributed by atoms with Gasteiger partial charge in [0, 0.05) is 47.0 Å². The van der Waals surface area contributed by atoms with E-state index in [0.29, 0.717) is 17.9 Å². The maximum absolute atomic E-state index is 10.8. The average Bonchev–Trinajstić information content (AvgIpc) is 3.61. The molecule has 0 saturated carbocycles. The van der Waals surface area contributed by atoms with E-state index in [1.165, 1.54) is 0 Å². The van der Waals surface area contributed by atoms with Crippen LogP contribution >= 0.6 is 0 Å². The van der Waals surface area contributed by atoms with E-state index in [1.807, 2.05) is 72.7 Å². The molecule has 2 aromatic carbocycles. The van der Waals surface area contributed by atoms with Gasteiger partial charge in [-0.05, 0) is 30.5 Å². The van der Waals surface area contributed by atoms with Gasteiger partial charge in [-0.15, -0.1) is 0 Å². The highest BCUT2D eigenvalue weighted by molar-refractivity contribution is 5.94. The Morgan fingerprint density at radius 3 is 2.49 bits per heavy atom. The SMILES string of the molecule is Cc1c(C(C)C)c(-c2cccc3nn(C[C@H](O)c4ccccc4)cc23)nn1-c1cc2cn(C)nc2nc1CO. The molecule has 9 nitrogen and oxygen atoms in total. The van der Waals surface area contributed by atoms with Crippen LogP contribution in [0.5, 0.6) is 0 Å². The quantitative estimate of drug-likeness (QED) is 0.312. The molecule has 0 aliphatic rings. The van der Waals surface area contributed by atoms with Gasteiger partial charge in [-0.2, -0.15) is 15.3 Å². The van der Waals surface area contributed by atoms with Crippen molar-refractivity contribution in [2.45, 2.75) is 45.9 Å². The van der Waals surface area contributed by atoms with Crippen LogP contribution in [0.1, 0.15) is 48.4 Å². The van der Waals surface area contributed by atoms with E-state index in [-0.39, 0.29) is 12.5 Å². The summed E-state index contributed by atoms with van der Waals surface area (Å²) in [5.74, 6) is 0.201. The first-order valence-electron chi connectivity index (χ1n) is 13.1. The Hall–Kier alpha value is -4.34. The van der Waals surface area contributed by atoms with Gasteiger partial charge in [0.1, 0.15) is 0 Å². The fourth-order valence-electron chi connectivity index (χ4n) is 5.39. The van der Waals surface area contributed by atoms with E-state index in [2.05, 4.69) is 36.9 Å². The van der Waals surface area contributed by atoms with Crippen molar-refractivity contribution < 1.29 is 10.2 Å². The fourth-order valence-corrected chi connectivity index (χ4v) is 5.39.